The molecule has 102 valence electrons. The van der Waals surface area contributed by atoms with Crippen molar-refractivity contribution in [3.05, 3.63) is 33.6 Å². The summed E-state index contributed by atoms with van der Waals surface area (Å²) in [5.41, 5.74) is 0.854. The van der Waals surface area contributed by atoms with Gasteiger partial charge in [0.15, 0.2) is 0 Å². The van der Waals surface area contributed by atoms with Gasteiger partial charge < -0.3 is 9.73 Å². The molecule has 1 N–H and O–H groups in total. The van der Waals surface area contributed by atoms with Crippen LogP contribution in [0.2, 0.25) is 5.02 Å². The molecule has 0 radical (unpaired) electrons. The molecule has 0 aliphatic carbocycles. The van der Waals surface area contributed by atoms with E-state index in [1.54, 1.807) is 6.07 Å². The van der Waals surface area contributed by atoms with Gasteiger partial charge in [-0.05, 0) is 34.1 Å². The van der Waals surface area contributed by atoms with Gasteiger partial charge in [0.1, 0.15) is 0 Å². The third-order valence-corrected chi connectivity index (χ3v) is 3.74. The SMILES string of the molecule is CC(C)NCCc1nnc(-c2ccc(Cl)c(Br)c2)o1. The largest absolute Gasteiger partial charge is 0.421 e. The van der Waals surface area contributed by atoms with Crippen LogP contribution in [0.25, 0.3) is 11.5 Å². The summed E-state index contributed by atoms with van der Waals surface area (Å²) >= 11 is 9.33. The van der Waals surface area contributed by atoms with Crippen LogP contribution in [-0.4, -0.2) is 22.8 Å². The Bertz CT molecular complexity index is 557. The number of nitrogens with one attached hydrogen (secondary N) is 1. The van der Waals surface area contributed by atoms with Crippen molar-refractivity contribution in [3.63, 3.8) is 0 Å². The van der Waals surface area contributed by atoms with Crippen molar-refractivity contribution in [3.8, 4) is 11.5 Å². The summed E-state index contributed by atoms with van der Waals surface area (Å²) in [7, 11) is 0. The smallest absolute Gasteiger partial charge is 0.247 e. The van der Waals surface area contributed by atoms with E-state index < -0.39 is 0 Å². The Labute approximate surface area is 125 Å². The Morgan fingerprint density at radius 2 is 2.16 bits per heavy atom. The van der Waals surface area contributed by atoms with E-state index in [4.69, 9.17) is 16.0 Å². The normalized spacial score (nSPS) is 11.2. The van der Waals surface area contributed by atoms with Crippen LogP contribution in [0.5, 0.6) is 0 Å². The Morgan fingerprint density at radius 1 is 1.37 bits per heavy atom. The van der Waals surface area contributed by atoms with E-state index >= 15 is 0 Å². The highest BCUT2D eigenvalue weighted by atomic mass is 79.9. The maximum Gasteiger partial charge on any atom is 0.247 e. The first kappa shape index (κ1) is 14.5. The third kappa shape index (κ3) is 4.03. The minimum atomic E-state index is 0.453. The standard InChI is InChI=1S/C13H15BrClN3O/c1-8(2)16-6-5-12-17-18-13(19-12)9-3-4-11(15)10(14)7-9/h3-4,7-8,16H,5-6H2,1-2H3. The van der Waals surface area contributed by atoms with E-state index in [9.17, 15) is 0 Å². The van der Waals surface area contributed by atoms with E-state index in [1.807, 2.05) is 12.1 Å². The van der Waals surface area contributed by atoms with Gasteiger partial charge in [0.05, 0.1) is 5.02 Å². The molecule has 0 atom stereocenters. The van der Waals surface area contributed by atoms with E-state index in [0.717, 1.165) is 23.0 Å². The lowest BCUT2D eigenvalue weighted by atomic mass is 10.2. The zero-order valence-corrected chi connectivity index (χ0v) is 13.1. The second kappa shape index (κ2) is 6.50. The van der Waals surface area contributed by atoms with Gasteiger partial charge >= 0.3 is 0 Å². The summed E-state index contributed by atoms with van der Waals surface area (Å²) in [4.78, 5) is 0. The van der Waals surface area contributed by atoms with E-state index in [2.05, 4.69) is 45.3 Å². The predicted molar refractivity (Wildman–Crippen MR) is 79.3 cm³/mol. The number of benzene rings is 1. The van der Waals surface area contributed by atoms with Crippen LogP contribution in [-0.2, 0) is 6.42 Å². The van der Waals surface area contributed by atoms with Gasteiger partial charge in [-0.1, -0.05) is 25.4 Å². The Balaban J connectivity index is 2.05. The number of halogens is 2. The van der Waals surface area contributed by atoms with Gasteiger partial charge in [-0.3, -0.25) is 0 Å². The molecule has 0 unspecified atom stereocenters. The van der Waals surface area contributed by atoms with Crippen molar-refractivity contribution in [2.45, 2.75) is 26.3 Å². The van der Waals surface area contributed by atoms with Gasteiger partial charge in [0, 0.05) is 29.0 Å². The molecule has 2 aromatic rings. The number of nitrogens with zero attached hydrogens (tertiary/aromatic N) is 2. The summed E-state index contributed by atoms with van der Waals surface area (Å²) < 4.78 is 6.43. The molecule has 2 rings (SSSR count). The molecule has 0 saturated carbocycles. The van der Waals surface area contributed by atoms with Crippen LogP contribution in [0.4, 0.5) is 0 Å². The summed E-state index contributed by atoms with van der Waals surface area (Å²) in [5.74, 6) is 1.14. The molecule has 0 spiro atoms. The summed E-state index contributed by atoms with van der Waals surface area (Å²) in [5, 5.41) is 12.0. The van der Waals surface area contributed by atoms with Crippen LogP contribution >= 0.6 is 27.5 Å². The van der Waals surface area contributed by atoms with Crippen LogP contribution in [0.1, 0.15) is 19.7 Å². The van der Waals surface area contributed by atoms with Crippen LogP contribution in [0.15, 0.2) is 27.1 Å². The molecule has 6 heteroatoms. The number of rotatable bonds is 5. The average Bonchev–Trinajstić information content (AvgIpc) is 2.81. The molecule has 1 heterocycles. The molecule has 0 aliphatic heterocycles. The minimum Gasteiger partial charge on any atom is -0.421 e. The molecular formula is C13H15BrClN3O. The maximum absolute atomic E-state index is 5.95. The second-order valence-corrected chi connectivity index (χ2v) is 5.75. The summed E-state index contributed by atoms with van der Waals surface area (Å²) in [6.45, 7) is 5.03. The fourth-order valence-corrected chi connectivity index (χ4v) is 2.06. The molecular weight excluding hydrogens is 330 g/mol. The van der Waals surface area contributed by atoms with Crippen LogP contribution in [0, 0.1) is 0 Å². The fourth-order valence-electron chi connectivity index (χ4n) is 1.57. The monoisotopic (exact) mass is 343 g/mol. The lowest BCUT2D eigenvalue weighted by Crippen LogP contribution is -2.25. The lowest BCUT2D eigenvalue weighted by molar-refractivity contribution is 0.484. The van der Waals surface area contributed by atoms with Crippen molar-refractivity contribution in [1.82, 2.24) is 15.5 Å². The minimum absolute atomic E-state index is 0.453. The molecule has 0 saturated heterocycles. The molecule has 0 bridgehead atoms. The van der Waals surface area contributed by atoms with Gasteiger partial charge in [-0.2, -0.15) is 0 Å². The number of hydrogen-bond acceptors (Lipinski definition) is 4. The summed E-state index contributed by atoms with van der Waals surface area (Å²) in [6, 6.07) is 5.98. The van der Waals surface area contributed by atoms with Crippen LogP contribution in [0.3, 0.4) is 0 Å². The quantitative estimate of drug-likeness (QED) is 0.898. The number of hydrogen-bond donors (Lipinski definition) is 1. The Kier molecular flexibility index (Phi) is 4.96. The first-order valence-electron chi connectivity index (χ1n) is 6.07. The second-order valence-electron chi connectivity index (χ2n) is 4.49. The first-order chi connectivity index (χ1) is 9.06. The molecule has 1 aromatic heterocycles. The van der Waals surface area contributed by atoms with Crippen molar-refractivity contribution in [1.29, 1.82) is 0 Å². The molecule has 0 aliphatic rings. The van der Waals surface area contributed by atoms with Crippen molar-refractivity contribution in [2.75, 3.05) is 6.54 Å². The van der Waals surface area contributed by atoms with E-state index in [-0.39, 0.29) is 0 Å². The molecule has 4 nitrogen and oxygen atoms in total. The average molecular weight is 345 g/mol. The first-order valence-corrected chi connectivity index (χ1v) is 7.24. The molecule has 19 heavy (non-hydrogen) atoms. The van der Waals surface area contributed by atoms with Gasteiger partial charge in [0.25, 0.3) is 0 Å². The van der Waals surface area contributed by atoms with Crippen molar-refractivity contribution >= 4 is 27.5 Å². The van der Waals surface area contributed by atoms with Gasteiger partial charge in [-0.15, -0.1) is 10.2 Å². The van der Waals surface area contributed by atoms with Crippen molar-refractivity contribution in [2.24, 2.45) is 0 Å². The maximum atomic E-state index is 5.95. The topological polar surface area (TPSA) is 51.0 Å². The highest BCUT2D eigenvalue weighted by Crippen LogP contribution is 2.28. The highest BCUT2D eigenvalue weighted by molar-refractivity contribution is 9.10. The third-order valence-electron chi connectivity index (χ3n) is 2.52. The van der Waals surface area contributed by atoms with E-state index in [1.165, 1.54) is 0 Å². The Hall–Kier alpha value is -0.910. The summed E-state index contributed by atoms with van der Waals surface area (Å²) in [6.07, 6.45) is 0.722. The zero-order valence-electron chi connectivity index (χ0n) is 10.8. The predicted octanol–water partition coefficient (Wildman–Crippen LogP) is 3.69. The Morgan fingerprint density at radius 3 is 2.84 bits per heavy atom. The van der Waals surface area contributed by atoms with Crippen LogP contribution < -0.4 is 5.32 Å². The number of aromatic nitrogens is 2. The molecule has 0 amide bonds. The molecule has 1 aromatic carbocycles. The fraction of sp³-hybridized carbons (Fsp3) is 0.385. The van der Waals surface area contributed by atoms with Gasteiger partial charge in [-0.25, -0.2) is 0 Å². The zero-order chi connectivity index (χ0) is 13.8. The lowest BCUT2D eigenvalue weighted by Gasteiger charge is -2.04. The van der Waals surface area contributed by atoms with Gasteiger partial charge in [0.2, 0.25) is 11.8 Å². The highest BCUT2D eigenvalue weighted by Gasteiger charge is 2.10. The molecule has 0 fully saturated rings. The van der Waals surface area contributed by atoms with Crippen molar-refractivity contribution < 1.29 is 4.42 Å². The van der Waals surface area contributed by atoms with E-state index in [0.29, 0.717) is 22.8 Å².